The summed E-state index contributed by atoms with van der Waals surface area (Å²) in [5.74, 6) is 0.640. The van der Waals surface area contributed by atoms with Gasteiger partial charge in [-0.1, -0.05) is 37.3 Å². The molecule has 0 spiro atoms. The van der Waals surface area contributed by atoms with Crippen molar-refractivity contribution in [3.63, 3.8) is 0 Å². The molecule has 4 heteroatoms. The summed E-state index contributed by atoms with van der Waals surface area (Å²) in [5, 5.41) is 3.27. The van der Waals surface area contributed by atoms with E-state index in [4.69, 9.17) is 0 Å². The number of sulfone groups is 1. The second-order valence-corrected chi connectivity index (χ2v) is 6.41. The van der Waals surface area contributed by atoms with Crippen LogP contribution < -0.4 is 5.32 Å². The molecule has 2 atom stereocenters. The summed E-state index contributed by atoms with van der Waals surface area (Å²) in [4.78, 5) is 0. The van der Waals surface area contributed by atoms with Crippen LogP contribution in [0.15, 0.2) is 30.3 Å². The highest BCUT2D eigenvalue weighted by Gasteiger charge is 2.37. The number of benzene rings is 1. The number of hydrogen-bond acceptors (Lipinski definition) is 3. The molecule has 2 rings (SSSR count). The lowest BCUT2D eigenvalue weighted by atomic mass is 9.94. The third-order valence-electron chi connectivity index (χ3n) is 3.05. The van der Waals surface area contributed by atoms with E-state index in [-0.39, 0.29) is 23.5 Å². The number of hydrogen-bond donors (Lipinski definition) is 1. The molecule has 3 nitrogen and oxygen atoms in total. The molecule has 1 aromatic carbocycles. The van der Waals surface area contributed by atoms with Gasteiger partial charge in [-0.05, 0) is 12.1 Å². The van der Waals surface area contributed by atoms with Gasteiger partial charge in [0.1, 0.15) is 0 Å². The van der Waals surface area contributed by atoms with Gasteiger partial charge in [0.15, 0.2) is 9.84 Å². The summed E-state index contributed by atoms with van der Waals surface area (Å²) in [6.45, 7) is 2.82. The molecule has 1 N–H and O–H groups in total. The molecule has 0 aliphatic carbocycles. The Labute approximate surface area is 96.8 Å². The van der Waals surface area contributed by atoms with Crippen LogP contribution in [0.4, 0.5) is 0 Å². The van der Waals surface area contributed by atoms with Crippen LogP contribution in [0.3, 0.4) is 0 Å². The number of rotatable bonds is 3. The molecule has 1 aliphatic rings. The Balaban J connectivity index is 2.26. The molecule has 1 fully saturated rings. The van der Waals surface area contributed by atoms with Crippen molar-refractivity contribution in [2.45, 2.75) is 18.9 Å². The second kappa shape index (κ2) is 4.55. The van der Waals surface area contributed by atoms with Crippen LogP contribution in [-0.4, -0.2) is 32.5 Å². The fraction of sp³-hybridized carbons (Fsp3) is 0.500. The van der Waals surface area contributed by atoms with Crippen LogP contribution in [0, 0.1) is 0 Å². The largest absolute Gasteiger partial charge is 0.313 e. The number of nitrogens with one attached hydrogen (secondary N) is 1. The van der Waals surface area contributed by atoms with Gasteiger partial charge < -0.3 is 5.32 Å². The first-order chi connectivity index (χ1) is 7.62. The van der Waals surface area contributed by atoms with E-state index in [0.717, 1.165) is 12.1 Å². The highest BCUT2D eigenvalue weighted by molar-refractivity contribution is 7.91. The maximum absolute atomic E-state index is 11.7. The Bertz CT molecular complexity index is 441. The maximum Gasteiger partial charge on any atom is 0.152 e. The van der Waals surface area contributed by atoms with Crippen molar-refractivity contribution in [3.05, 3.63) is 35.9 Å². The quantitative estimate of drug-likeness (QED) is 0.861. The molecule has 0 bridgehead atoms. The minimum Gasteiger partial charge on any atom is -0.313 e. The molecule has 0 amide bonds. The van der Waals surface area contributed by atoms with Crippen LogP contribution in [0.25, 0.3) is 0 Å². The zero-order valence-electron chi connectivity index (χ0n) is 9.39. The van der Waals surface area contributed by atoms with Crippen LogP contribution in [0.5, 0.6) is 0 Å². The van der Waals surface area contributed by atoms with Crippen LogP contribution >= 0.6 is 0 Å². The third kappa shape index (κ3) is 2.44. The van der Waals surface area contributed by atoms with Crippen molar-refractivity contribution in [1.82, 2.24) is 5.32 Å². The van der Waals surface area contributed by atoms with Crippen molar-refractivity contribution >= 4 is 9.84 Å². The molecule has 0 unspecified atom stereocenters. The fourth-order valence-electron chi connectivity index (χ4n) is 2.34. The lowest BCUT2D eigenvalue weighted by Gasteiger charge is -2.18. The van der Waals surface area contributed by atoms with Crippen molar-refractivity contribution < 1.29 is 8.42 Å². The van der Waals surface area contributed by atoms with E-state index in [2.05, 4.69) is 5.32 Å². The van der Waals surface area contributed by atoms with Crippen LogP contribution in [0.1, 0.15) is 18.4 Å². The van der Waals surface area contributed by atoms with Gasteiger partial charge in [-0.3, -0.25) is 0 Å². The predicted octanol–water partition coefficient (Wildman–Crippen LogP) is 1.18. The van der Waals surface area contributed by atoms with Gasteiger partial charge in [0, 0.05) is 12.0 Å². The van der Waals surface area contributed by atoms with Gasteiger partial charge in [-0.2, -0.15) is 0 Å². The zero-order valence-corrected chi connectivity index (χ0v) is 10.2. The van der Waals surface area contributed by atoms with E-state index in [1.165, 1.54) is 0 Å². The predicted molar refractivity (Wildman–Crippen MR) is 65.3 cm³/mol. The molecule has 16 heavy (non-hydrogen) atoms. The highest BCUT2D eigenvalue weighted by atomic mass is 32.2. The molecule has 0 aromatic heterocycles. The van der Waals surface area contributed by atoms with Gasteiger partial charge in [-0.15, -0.1) is 0 Å². The summed E-state index contributed by atoms with van der Waals surface area (Å²) in [6.07, 6.45) is 0. The maximum atomic E-state index is 11.7. The minimum atomic E-state index is -2.88. The van der Waals surface area contributed by atoms with Crippen LogP contribution in [-0.2, 0) is 9.84 Å². The molecule has 0 saturated carbocycles. The van der Waals surface area contributed by atoms with Crippen molar-refractivity contribution in [2.24, 2.45) is 0 Å². The molecule has 1 saturated heterocycles. The normalized spacial score (nSPS) is 28.1. The summed E-state index contributed by atoms with van der Waals surface area (Å²) in [6, 6.07) is 9.96. The summed E-state index contributed by atoms with van der Waals surface area (Å²) in [5.41, 5.74) is 1.12. The molecule has 0 radical (unpaired) electrons. The molecule has 1 heterocycles. The summed E-state index contributed by atoms with van der Waals surface area (Å²) >= 11 is 0. The average molecular weight is 239 g/mol. The zero-order chi connectivity index (χ0) is 11.6. The summed E-state index contributed by atoms with van der Waals surface area (Å²) < 4.78 is 23.3. The fourth-order valence-corrected chi connectivity index (χ4v) is 4.34. The Hall–Kier alpha value is -0.870. The molecular weight excluding hydrogens is 222 g/mol. The first kappa shape index (κ1) is 11.6. The smallest absolute Gasteiger partial charge is 0.152 e. The first-order valence-corrected chi connectivity index (χ1v) is 7.43. The van der Waals surface area contributed by atoms with E-state index < -0.39 is 9.84 Å². The monoisotopic (exact) mass is 239 g/mol. The van der Waals surface area contributed by atoms with E-state index in [0.29, 0.717) is 0 Å². The van der Waals surface area contributed by atoms with Crippen molar-refractivity contribution in [3.8, 4) is 0 Å². The minimum absolute atomic E-state index is 0.0670. The van der Waals surface area contributed by atoms with Gasteiger partial charge >= 0.3 is 0 Å². The van der Waals surface area contributed by atoms with Crippen LogP contribution in [0.2, 0.25) is 0 Å². The van der Waals surface area contributed by atoms with E-state index in [1.807, 2.05) is 37.3 Å². The first-order valence-electron chi connectivity index (χ1n) is 5.61. The van der Waals surface area contributed by atoms with Gasteiger partial charge in [0.05, 0.1) is 11.5 Å². The Kier molecular flexibility index (Phi) is 3.30. The SMILES string of the molecule is CCN[C@@H]1CS(=O)(=O)C[C@H]1c1ccccc1. The van der Waals surface area contributed by atoms with E-state index in [1.54, 1.807) is 0 Å². The lowest BCUT2D eigenvalue weighted by molar-refractivity contribution is 0.522. The molecule has 88 valence electrons. The van der Waals surface area contributed by atoms with Crippen molar-refractivity contribution in [2.75, 3.05) is 18.1 Å². The highest BCUT2D eigenvalue weighted by Crippen LogP contribution is 2.29. The van der Waals surface area contributed by atoms with Gasteiger partial charge in [0.25, 0.3) is 0 Å². The second-order valence-electron chi connectivity index (χ2n) is 4.26. The van der Waals surface area contributed by atoms with Gasteiger partial charge in [0.2, 0.25) is 0 Å². The number of likely N-dealkylation sites (N-methyl/N-ethyl adjacent to an activating group) is 1. The van der Waals surface area contributed by atoms with E-state index >= 15 is 0 Å². The lowest BCUT2D eigenvalue weighted by Crippen LogP contribution is -2.34. The van der Waals surface area contributed by atoms with Crippen molar-refractivity contribution in [1.29, 1.82) is 0 Å². The topological polar surface area (TPSA) is 46.2 Å². The molecule has 1 aromatic rings. The molecule has 1 aliphatic heterocycles. The molecular formula is C12H17NO2S. The Morgan fingerprint density at radius 3 is 2.56 bits per heavy atom. The third-order valence-corrected chi connectivity index (χ3v) is 4.78. The summed E-state index contributed by atoms with van der Waals surface area (Å²) in [7, 11) is -2.88. The average Bonchev–Trinajstić information content (AvgIpc) is 2.56. The van der Waals surface area contributed by atoms with Gasteiger partial charge in [-0.25, -0.2) is 8.42 Å². The van der Waals surface area contributed by atoms with E-state index in [9.17, 15) is 8.42 Å². The standard InChI is InChI=1S/C12H17NO2S/c1-2-13-12-9-16(14,15)8-11(12)10-6-4-3-5-7-10/h3-7,11-13H,2,8-9H2,1H3/t11-,12+/m0/s1. The Morgan fingerprint density at radius 1 is 1.25 bits per heavy atom. The Morgan fingerprint density at radius 2 is 1.94 bits per heavy atom.